The molecule has 1 unspecified atom stereocenters. The second kappa shape index (κ2) is 6.02. The van der Waals surface area contributed by atoms with Crippen LogP contribution in [0.3, 0.4) is 0 Å². The number of hydrogen-bond acceptors (Lipinski definition) is 3. The molecule has 98 valence electrons. The minimum Gasteiger partial charge on any atom is -0.382 e. The average Bonchev–Trinajstić information content (AvgIpc) is 2.72. The molecule has 0 aromatic carbocycles. The van der Waals surface area contributed by atoms with Gasteiger partial charge in [-0.2, -0.15) is 18.3 Å². The molecule has 0 radical (unpaired) electrons. The Morgan fingerprint density at radius 3 is 2.71 bits per heavy atom. The number of rotatable bonds is 6. The lowest BCUT2D eigenvalue weighted by Gasteiger charge is -2.16. The third kappa shape index (κ3) is 4.01. The molecule has 0 aliphatic carbocycles. The van der Waals surface area contributed by atoms with Crippen LogP contribution >= 0.6 is 0 Å². The smallest absolute Gasteiger partial charge is 0.382 e. The van der Waals surface area contributed by atoms with E-state index in [0.717, 1.165) is 18.9 Å². The summed E-state index contributed by atoms with van der Waals surface area (Å²) in [6.07, 6.45) is -2.52. The molecule has 1 aromatic rings. The van der Waals surface area contributed by atoms with Crippen LogP contribution in [0, 0.1) is 0 Å². The molecule has 0 aliphatic heterocycles. The van der Waals surface area contributed by atoms with Crippen LogP contribution in [-0.2, 0) is 10.9 Å². The molecule has 1 heterocycles. The van der Waals surface area contributed by atoms with E-state index in [0.29, 0.717) is 13.2 Å². The van der Waals surface area contributed by atoms with Crippen molar-refractivity contribution in [2.75, 3.05) is 26.8 Å². The Kier molecular flexibility index (Phi) is 4.95. The first-order chi connectivity index (χ1) is 7.99. The highest BCUT2D eigenvalue weighted by molar-refractivity contribution is 5.08. The monoisotopic (exact) mass is 251 g/mol. The molecule has 0 saturated heterocycles. The largest absolute Gasteiger partial charge is 0.419 e. The van der Waals surface area contributed by atoms with Gasteiger partial charge in [0.25, 0.3) is 0 Å². The van der Waals surface area contributed by atoms with Crippen LogP contribution in [0.2, 0.25) is 0 Å². The lowest BCUT2D eigenvalue weighted by molar-refractivity contribution is -0.137. The first kappa shape index (κ1) is 14.0. The van der Waals surface area contributed by atoms with Crippen molar-refractivity contribution in [3.05, 3.63) is 18.0 Å². The second-order valence-corrected chi connectivity index (χ2v) is 3.62. The summed E-state index contributed by atoms with van der Waals surface area (Å²) < 4.78 is 43.5. The number of nitrogens with zero attached hydrogens (tertiary/aromatic N) is 2. The highest BCUT2D eigenvalue weighted by Gasteiger charge is 2.32. The van der Waals surface area contributed by atoms with E-state index in [-0.39, 0.29) is 6.04 Å². The molecule has 0 bridgehead atoms. The Bertz CT molecular complexity index is 338. The predicted octanol–water partition coefficient (Wildman–Crippen LogP) is 1.70. The number of likely N-dealkylation sites (N-methyl/N-ethyl adjacent to an activating group) is 1. The van der Waals surface area contributed by atoms with Gasteiger partial charge in [-0.05, 0) is 6.54 Å². The molecule has 1 N–H and O–H groups in total. The third-order valence-electron chi connectivity index (χ3n) is 2.29. The molecule has 0 spiro atoms. The molecular formula is C10H16F3N3O. The Labute approximate surface area is 97.8 Å². The molecule has 1 rings (SSSR count). The number of nitrogens with one attached hydrogen (secondary N) is 1. The number of ether oxygens (including phenoxy) is 1. The molecule has 1 atom stereocenters. The van der Waals surface area contributed by atoms with Crippen LogP contribution in [0.15, 0.2) is 12.4 Å². The molecular weight excluding hydrogens is 235 g/mol. The van der Waals surface area contributed by atoms with E-state index in [1.165, 1.54) is 11.8 Å². The van der Waals surface area contributed by atoms with Gasteiger partial charge in [0.2, 0.25) is 0 Å². The number of aromatic nitrogens is 2. The highest BCUT2D eigenvalue weighted by Crippen LogP contribution is 2.29. The van der Waals surface area contributed by atoms with Crippen LogP contribution in [0.25, 0.3) is 0 Å². The number of halogens is 3. The normalized spacial score (nSPS) is 13.9. The maximum absolute atomic E-state index is 12.4. The molecule has 4 nitrogen and oxygen atoms in total. The Morgan fingerprint density at radius 1 is 1.53 bits per heavy atom. The number of alkyl halides is 3. The van der Waals surface area contributed by atoms with Gasteiger partial charge in [-0.1, -0.05) is 6.92 Å². The fourth-order valence-corrected chi connectivity index (χ4v) is 1.42. The van der Waals surface area contributed by atoms with Gasteiger partial charge in [0.05, 0.1) is 24.4 Å². The first-order valence-corrected chi connectivity index (χ1v) is 5.30. The van der Waals surface area contributed by atoms with E-state index in [1.54, 1.807) is 0 Å². The summed E-state index contributed by atoms with van der Waals surface area (Å²) in [4.78, 5) is 0. The minimum atomic E-state index is -4.35. The van der Waals surface area contributed by atoms with Gasteiger partial charge in [-0.3, -0.25) is 4.68 Å². The Balaban J connectivity index is 2.76. The summed E-state index contributed by atoms with van der Waals surface area (Å²) >= 11 is 0. The van der Waals surface area contributed by atoms with Crippen LogP contribution in [0.1, 0.15) is 18.5 Å². The molecule has 0 amide bonds. The molecule has 7 heteroatoms. The quantitative estimate of drug-likeness (QED) is 0.836. The van der Waals surface area contributed by atoms with E-state index < -0.39 is 11.7 Å². The van der Waals surface area contributed by atoms with E-state index in [4.69, 9.17) is 4.74 Å². The van der Waals surface area contributed by atoms with Crippen molar-refractivity contribution in [3.63, 3.8) is 0 Å². The number of hydrogen-bond donors (Lipinski definition) is 1. The second-order valence-electron chi connectivity index (χ2n) is 3.62. The summed E-state index contributed by atoms with van der Waals surface area (Å²) in [5.74, 6) is 0. The summed E-state index contributed by atoms with van der Waals surface area (Å²) in [7, 11) is 1.51. The van der Waals surface area contributed by atoms with E-state index in [9.17, 15) is 13.2 Å². The molecule has 0 aliphatic rings. The van der Waals surface area contributed by atoms with Crippen molar-refractivity contribution in [1.82, 2.24) is 15.1 Å². The lowest BCUT2D eigenvalue weighted by atomic mass is 10.3. The zero-order valence-electron chi connectivity index (χ0n) is 9.79. The van der Waals surface area contributed by atoms with Gasteiger partial charge in [0, 0.05) is 19.9 Å². The summed E-state index contributed by atoms with van der Waals surface area (Å²) in [5.41, 5.74) is -0.741. The van der Waals surface area contributed by atoms with Crippen molar-refractivity contribution in [2.24, 2.45) is 0 Å². The van der Waals surface area contributed by atoms with Gasteiger partial charge in [0.1, 0.15) is 0 Å². The first-order valence-electron chi connectivity index (χ1n) is 5.30. The van der Waals surface area contributed by atoms with Crippen LogP contribution in [-0.4, -0.2) is 36.6 Å². The summed E-state index contributed by atoms with van der Waals surface area (Å²) in [6, 6.07) is -0.240. The SMILES string of the molecule is CCNCC(COC)n1cc(C(F)(F)F)cn1. The van der Waals surface area contributed by atoms with Crippen molar-refractivity contribution >= 4 is 0 Å². The van der Waals surface area contributed by atoms with Crippen LogP contribution in [0.4, 0.5) is 13.2 Å². The molecule has 0 fully saturated rings. The standard InChI is InChI=1S/C10H16F3N3O/c1-3-14-5-9(7-17-2)16-6-8(4-15-16)10(11,12)13/h4,6,9,14H,3,5,7H2,1-2H3. The summed E-state index contributed by atoms with van der Waals surface area (Å²) in [5, 5.41) is 6.79. The summed E-state index contributed by atoms with van der Waals surface area (Å²) in [6.45, 7) is 3.50. The van der Waals surface area contributed by atoms with Crippen molar-refractivity contribution in [3.8, 4) is 0 Å². The van der Waals surface area contributed by atoms with Crippen LogP contribution in [0.5, 0.6) is 0 Å². The van der Waals surface area contributed by atoms with Crippen LogP contribution < -0.4 is 5.32 Å². The fourth-order valence-electron chi connectivity index (χ4n) is 1.42. The minimum absolute atomic E-state index is 0.240. The highest BCUT2D eigenvalue weighted by atomic mass is 19.4. The van der Waals surface area contributed by atoms with Crippen molar-refractivity contribution < 1.29 is 17.9 Å². The fraction of sp³-hybridized carbons (Fsp3) is 0.700. The van der Waals surface area contributed by atoms with E-state index in [1.807, 2.05) is 6.92 Å². The molecule has 0 saturated carbocycles. The maximum atomic E-state index is 12.4. The van der Waals surface area contributed by atoms with Gasteiger partial charge < -0.3 is 10.1 Å². The average molecular weight is 251 g/mol. The van der Waals surface area contributed by atoms with Gasteiger partial charge in [-0.15, -0.1) is 0 Å². The van der Waals surface area contributed by atoms with Gasteiger partial charge >= 0.3 is 6.18 Å². The van der Waals surface area contributed by atoms with E-state index >= 15 is 0 Å². The van der Waals surface area contributed by atoms with Crippen molar-refractivity contribution in [2.45, 2.75) is 19.1 Å². The lowest BCUT2D eigenvalue weighted by Crippen LogP contribution is -2.28. The zero-order chi connectivity index (χ0) is 12.9. The number of methoxy groups -OCH3 is 1. The predicted molar refractivity (Wildman–Crippen MR) is 56.7 cm³/mol. The zero-order valence-corrected chi connectivity index (χ0v) is 9.79. The molecule has 17 heavy (non-hydrogen) atoms. The Hall–Kier alpha value is -1.08. The maximum Gasteiger partial charge on any atom is 0.419 e. The van der Waals surface area contributed by atoms with E-state index in [2.05, 4.69) is 10.4 Å². The van der Waals surface area contributed by atoms with Crippen molar-refractivity contribution in [1.29, 1.82) is 0 Å². The topological polar surface area (TPSA) is 39.1 Å². The Morgan fingerprint density at radius 2 is 2.24 bits per heavy atom. The van der Waals surface area contributed by atoms with Gasteiger partial charge in [-0.25, -0.2) is 0 Å². The van der Waals surface area contributed by atoms with Gasteiger partial charge in [0.15, 0.2) is 0 Å². The molecule has 1 aromatic heterocycles. The third-order valence-corrected chi connectivity index (χ3v) is 2.29.